The minimum Gasteiger partial charge on any atom is -0.497 e. The van der Waals surface area contributed by atoms with Crippen LogP contribution >= 0.6 is 0 Å². The SMILES string of the molecule is COc1ccc2c(c1)NC(O)/C2=C\c1[nH]c2c(c1C)C(=O)N(CCN1CCCCC1)CC2. The average molecular weight is 437 g/mol. The molecule has 4 heterocycles. The number of ether oxygens (including phenoxy) is 1. The maximum atomic E-state index is 13.3. The molecule has 0 saturated carbocycles. The van der Waals surface area contributed by atoms with Gasteiger partial charge in [0.25, 0.3) is 5.91 Å². The van der Waals surface area contributed by atoms with Crippen molar-refractivity contribution in [3.8, 4) is 5.75 Å². The molecule has 2 aromatic rings. The Labute approximate surface area is 189 Å². The Bertz CT molecular complexity index is 1050. The number of aliphatic hydroxyl groups is 1. The maximum absolute atomic E-state index is 13.3. The Kier molecular flexibility index (Phi) is 5.69. The number of hydrogen-bond donors (Lipinski definition) is 3. The third-order valence-corrected chi connectivity index (χ3v) is 7.06. The number of amides is 1. The van der Waals surface area contributed by atoms with Gasteiger partial charge in [-0.2, -0.15) is 0 Å². The minimum atomic E-state index is -0.798. The van der Waals surface area contributed by atoms with E-state index >= 15 is 0 Å². The van der Waals surface area contributed by atoms with Gasteiger partial charge in [0, 0.05) is 60.3 Å². The molecule has 1 amide bonds. The van der Waals surface area contributed by atoms with Gasteiger partial charge in [-0.3, -0.25) is 4.79 Å². The van der Waals surface area contributed by atoms with Gasteiger partial charge in [0.05, 0.1) is 12.7 Å². The number of aromatic amines is 1. The van der Waals surface area contributed by atoms with Crippen LogP contribution in [0.4, 0.5) is 5.69 Å². The number of fused-ring (bicyclic) bond motifs is 2. The first-order chi connectivity index (χ1) is 15.5. The molecule has 3 N–H and O–H groups in total. The lowest BCUT2D eigenvalue weighted by Crippen LogP contribution is -2.43. The molecule has 1 fully saturated rings. The van der Waals surface area contributed by atoms with Crippen molar-refractivity contribution in [1.29, 1.82) is 0 Å². The average Bonchev–Trinajstić information content (AvgIpc) is 3.30. The predicted molar refractivity (Wildman–Crippen MR) is 126 cm³/mol. The second-order valence-corrected chi connectivity index (χ2v) is 9.02. The molecule has 5 rings (SSSR count). The van der Waals surface area contributed by atoms with Gasteiger partial charge in [0.2, 0.25) is 0 Å². The number of hydrogen-bond acceptors (Lipinski definition) is 5. The summed E-state index contributed by atoms with van der Waals surface area (Å²) in [6.45, 7) is 6.80. The number of H-pyrrole nitrogens is 1. The topological polar surface area (TPSA) is 80.8 Å². The van der Waals surface area contributed by atoms with Crippen molar-refractivity contribution >= 4 is 23.2 Å². The molecule has 3 aliphatic heterocycles. The molecule has 0 spiro atoms. The van der Waals surface area contributed by atoms with Gasteiger partial charge in [0.1, 0.15) is 5.75 Å². The molecule has 7 heteroatoms. The Morgan fingerprint density at radius 2 is 2.00 bits per heavy atom. The monoisotopic (exact) mass is 436 g/mol. The third-order valence-electron chi connectivity index (χ3n) is 7.06. The molecule has 1 aromatic heterocycles. The number of aromatic nitrogens is 1. The van der Waals surface area contributed by atoms with Gasteiger partial charge >= 0.3 is 0 Å². The molecule has 7 nitrogen and oxygen atoms in total. The van der Waals surface area contributed by atoms with Gasteiger partial charge in [-0.15, -0.1) is 0 Å². The first kappa shape index (κ1) is 21.1. The summed E-state index contributed by atoms with van der Waals surface area (Å²) in [6.07, 6.45) is 5.86. The van der Waals surface area contributed by atoms with Gasteiger partial charge in [0.15, 0.2) is 6.23 Å². The summed E-state index contributed by atoms with van der Waals surface area (Å²) >= 11 is 0. The zero-order valence-corrected chi connectivity index (χ0v) is 18.9. The van der Waals surface area contributed by atoms with Gasteiger partial charge in [-0.1, -0.05) is 6.42 Å². The first-order valence-electron chi connectivity index (χ1n) is 11.6. The molecule has 1 unspecified atom stereocenters. The lowest BCUT2D eigenvalue weighted by Gasteiger charge is -2.32. The van der Waals surface area contributed by atoms with Crippen molar-refractivity contribution in [3.63, 3.8) is 0 Å². The number of piperidine rings is 1. The van der Waals surface area contributed by atoms with E-state index in [0.29, 0.717) is 0 Å². The number of aliphatic hydroxyl groups excluding tert-OH is 1. The molecule has 1 saturated heterocycles. The summed E-state index contributed by atoms with van der Waals surface area (Å²) in [5, 5.41) is 13.7. The van der Waals surface area contributed by atoms with Crippen molar-refractivity contribution in [2.45, 2.75) is 38.8 Å². The van der Waals surface area contributed by atoms with Crippen LogP contribution in [0, 0.1) is 6.92 Å². The van der Waals surface area contributed by atoms with E-state index in [-0.39, 0.29) is 5.91 Å². The van der Waals surface area contributed by atoms with E-state index in [4.69, 9.17) is 4.74 Å². The summed E-state index contributed by atoms with van der Waals surface area (Å²) in [7, 11) is 1.63. The van der Waals surface area contributed by atoms with Crippen LogP contribution in [0.3, 0.4) is 0 Å². The van der Waals surface area contributed by atoms with Crippen LogP contribution in [0.1, 0.15) is 52.1 Å². The number of nitrogens with zero attached hydrogens (tertiary/aromatic N) is 2. The summed E-state index contributed by atoms with van der Waals surface area (Å²) < 4.78 is 5.29. The fourth-order valence-corrected chi connectivity index (χ4v) is 5.17. The van der Waals surface area contributed by atoms with E-state index < -0.39 is 6.23 Å². The highest BCUT2D eigenvalue weighted by Crippen LogP contribution is 2.38. The highest BCUT2D eigenvalue weighted by Gasteiger charge is 2.30. The van der Waals surface area contributed by atoms with Gasteiger partial charge in [-0.25, -0.2) is 0 Å². The van der Waals surface area contributed by atoms with E-state index in [1.165, 1.54) is 19.3 Å². The number of anilines is 1. The van der Waals surface area contributed by atoms with E-state index in [1.54, 1.807) is 7.11 Å². The first-order valence-corrected chi connectivity index (χ1v) is 11.6. The number of nitrogens with one attached hydrogen (secondary N) is 2. The van der Waals surface area contributed by atoms with Crippen LogP contribution in [0.5, 0.6) is 5.75 Å². The molecular formula is C25H32N4O3. The number of benzene rings is 1. The van der Waals surface area contributed by atoms with Crippen LogP contribution in [-0.4, -0.2) is 71.9 Å². The largest absolute Gasteiger partial charge is 0.497 e. The van der Waals surface area contributed by atoms with Gasteiger partial charge in [-0.05, 0) is 56.6 Å². The van der Waals surface area contributed by atoms with Crippen LogP contribution in [0.15, 0.2) is 18.2 Å². The van der Waals surface area contributed by atoms with Crippen LogP contribution in [0.25, 0.3) is 11.6 Å². The summed E-state index contributed by atoms with van der Waals surface area (Å²) in [6, 6.07) is 5.73. The smallest absolute Gasteiger partial charge is 0.256 e. The second-order valence-electron chi connectivity index (χ2n) is 9.02. The Balaban J connectivity index is 1.37. The standard InChI is InChI=1S/C25H32N4O3/c1-16-21(15-19-18-7-6-17(32-2)14-22(18)27-24(19)30)26-20-8-11-29(25(31)23(16)20)13-12-28-9-4-3-5-10-28/h6-7,14-15,24,26-27,30H,3-5,8-13H2,1-2H3/b19-15-. The number of carbonyl (C=O) groups is 1. The van der Waals surface area contributed by atoms with E-state index in [1.807, 2.05) is 36.1 Å². The molecule has 0 bridgehead atoms. The number of carbonyl (C=O) groups excluding carboxylic acids is 1. The zero-order valence-electron chi connectivity index (χ0n) is 18.9. The fourth-order valence-electron chi connectivity index (χ4n) is 5.17. The zero-order chi connectivity index (χ0) is 22.2. The molecular weight excluding hydrogens is 404 g/mol. The molecule has 1 atom stereocenters. The Morgan fingerprint density at radius 3 is 2.78 bits per heavy atom. The molecule has 32 heavy (non-hydrogen) atoms. The van der Waals surface area contributed by atoms with Crippen molar-refractivity contribution < 1.29 is 14.6 Å². The summed E-state index contributed by atoms with van der Waals surface area (Å²) in [5.41, 5.74) is 6.23. The normalized spacial score (nSPS) is 22.1. The van der Waals surface area contributed by atoms with E-state index in [2.05, 4.69) is 15.2 Å². The fraction of sp³-hybridized carbons (Fsp3) is 0.480. The molecule has 170 valence electrons. The number of likely N-dealkylation sites (tertiary alicyclic amines) is 1. The molecule has 0 radical (unpaired) electrons. The quantitative estimate of drug-likeness (QED) is 0.671. The van der Waals surface area contributed by atoms with Crippen molar-refractivity contribution in [2.75, 3.05) is 45.2 Å². The van der Waals surface area contributed by atoms with E-state index in [0.717, 1.165) is 84.2 Å². The third kappa shape index (κ3) is 3.80. The molecule has 3 aliphatic rings. The lowest BCUT2D eigenvalue weighted by molar-refractivity contribution is 0.0712. The summed E-state index contributed by atoms with van der Waals surface area (Å²) in [5.74, 6) is 0.864. The minimum absolute atomic E-state index is 0.122. The Morgan fingerprint density at radius 1 is 1.19 bits per heavy atom. The van der Waals surface area contributed by atoms with Crippen LogP contribution < -0.4 is 10.1 Å². The maximum Gasteiger partial charge on any atom is 0.256 e. The highest BCUT2D eigenvalue weighted by molar-refractivity contribution is 6.00. The highest BCUT2D eigenvalue weighted by atomic mass is 16.5. The second kappa shape index (κ2) is 8.64. The van der Waals surface area contributed by atoms with Gasteiger partial charge < -0.3 is 29.9 Å². The van der Waals surface area contributed by atoms with Crippen molar-refractivity contribution in [1.82, 2.24) is 14.8 Å². The number of rotatable bonds is 5. The lowest BCUT2D eigenvalue weighted by atomic mass is 10.0. The van der Waals surface area contributed by atoms with Crippen LogP contribution in [0.2, 0.25) is 0 Å². The summed E-state index contributed by atoms with van der Waals surface area (Å²) in [4.78, 5) is 21.2. The molecule has 1 aromatic carbocycles. The van der Waals surface area contributed by atoms with Crippen molar-refractivity contribution in [2.24, 2.45) is 0 Å². The van der Waals surface area contributed by atoms with E-state index in [9.17, 15) is 9.90 Å². The molecule has 0 aliphatic carbocycles. The van der Waals surface area contributed by atoms with Crippen molar-refractivity contribution in [3.05, 3.63) is 46.3 Å². The van der Waals surface area contributed by atoms with Crippen LogP contribution in [-0.2, 0) is 6.42 Å². The predicted octanol–water partition coefficient (Wildman–Crippen LogP) is 3.10. The number of methoxy groups -OCH3 is 1. The Hall–Kier alpha value is -2.77.